The standard InChI is InChI=1S/C15H16N2O3/c1-9-4-5-13(20-3)12(6-9)17-15(19)11-7-10(2)16-14(18)8-11/h4-8H,1-3H3,(H,16,18)(H,17,19). The quantitative estimate of drug-likeness (QED) is 0.900. The molecule has 1 heterocycles. The summed E-state index contributed by atoms with van der Waals surface area (Å²) in [6, 6.07) is 8.39. The molecule has 0 aliphatic rings. The highest BCUT2D eigenvalue weighted by Crippen LogP contribution is 2.25. The maximum absolute atomic E-state index is 12.2. The Balaban J connectivity index is 2.32. The van der Waals surface area contributed by atoms with Crippen molar-refractivity contribution in [3.05, 3.63) is 57.5 Å². The first-order valence-electron chi connectivity index (χ1n) is 6.16. The SMILES string of the molecule is COc1ccc(C)cc1NC(=O)c1cc(C)[nH]c(=O)c1. The minimum atomic E-state index is -0.344. The van der Waals surface area contributed by atoms with Crippen LogP contribution in [0.5, 0.6) is 5.75 Å². The summed E-state index contributed by atoms with van der Waals surface area (Å²) >= 11 is 0. The lowest BCUT2D eigenvalue weighted by Gasteiger charge is -2.11. The van der Waals surface area contributed by atoms with Gasteiger partial charge in [-0.15, -0.1) is 0 Å². The van der Waals surface area contributed by atoms with E-state index in [4.69, 9.17) is 4.74 Å². The Labute approximate surface area is 116 Å². The number of aromatic amines is 1. The summed E-state index contributed by atoms with van der Waals surface area (Å²) in [5.74, 6) is 0.230. The van der Waals surface area contributed by atoms with E-state index in [1.165, 1.54) is 13.2 Å². The van der Waals surface area contributed by atoms with Gasteiger partial charge in [-0.1, -0.05) is 6.07 Å². The van der Waals surface area contributed by atoms with Gasteiger partial charge < -0.3 is 15.0 Å². The second-order valence-corrected chi connectivity index (χ2v) is 4.57. The first kappa shape index (κ1) is 13.9. The number of nitrogens with one attached hydrogen (secondary N) is 2. The third-order valence-electron chi connectivity index (χ3n) is 2.84. The third-order valence-corrected chi connectivity index (χ3v) is 2.84. The fourth-order valence-corrected chi connectivity index (χ4v) is 1.93. The Morgan fingerprint density at radius 2 is 1.95 bits per heavy atom. The van der Waals surface area contributed by atoms with E-state index in [1.54, 1.807) is 19.1 Å². The molecule has 0 spiro atoms. The second-order valence-electron chi connectivity index (χ2n) is 4.57. The molecule has 104 valence electrons. The fourth-order valence-electron chi connectivity index (χ4n) is 1.93. The average Bonchev–Trinajstić information content (AvgIpc) is 2.37. The molecule has 1 amide bonds. The Morgan fingerprint density at radius 3 is 2.60 bits per heavy atom. The van der Waals surface area contributed by atoms with Crippen LogP contribution >= 0.6 is 0 Å². The number of hydrogen-bond donors (Lipinski definition) is 2. The van der Waals surface area contributed by atoms with Gasteiger partial charge in [0, 0.05) is 17.3 Å². The van der Waals surface area contributed by atoms with Gasteiger partial charge in [-0.2, -0.15) is 0 Å². The molecule has 2 rings (SSSR count). The van der Waals surface area contributed by atoms with Crippen LogP contribution in [0.4, 0.5) is 5.69 Å². The third kappa shape index (κ3) is 3.06. The lowest BCUT2D eigenvalue weighted by atomic mass is 10.2. The monoisotopic (exact) mass is 272 g/mol. The van der Waals surface area contributed by atoms with Crippen LogP contribution in [0.25, 0.3) is 0 Å². The average molecular weight is 272 g/mol. The molecular formula is C15H16N2O3. The van der Waals surface area contributed by atoms with Crippen molar-refractivity contribution in [1.82, 2.24) is 4.98 Å². The number of anilines is 1. The maximum atomic E-state index is 12.2. The van der Waals surface area contributed by atoms with Crippen LogP contribution in [-0.2, 0) is 0 Å². The van der Waals surface area contributed by atoms with Gasteiger partial charge in [-0.05, 0) is 37.6 Å². The van der Waals surface area contributed by atoms with Crippen molar-refractivity contribution in [1.29, 1.82) is 0 Å². The smallest absolute Gasteiger partial charge is 0.256 e. The topological polar surface area (TPSA) is 71.2 Å². The van der Waals surface area contributed by atoms with E-state index in [-0.39, 0.29) is 11.5 Å². The number of methoxy groups -OCH3 is 1. The van der Waals surface area contributed by atoms with E-state index >= 15 is 0 Å². The number of pyridine rings is 1. The number of benzene rings is 1. The van der Waals surface area contributed by atoms with Crippen LogP contribution < -0.4 is 15.6 Å². The van der Waals surface area contributed by atoms with Gasteiger partial charge in [0.15, 0.2) is 0 Å². The molecule has 2 aromatic rings. The molecule has 0 atom stereocenters. The molecule has 0 fully saturated rings. The lowest BCUT2D eigenvalue weighted by molar-refractivity contribution is 0.102. The second kappa shape index (κ2) is 5.61. The molecular weight excluding hydrogens is 256 g/mol. The molecule has 0 aliphatic heterocycles. The fraction of sp³-hybridized carbons (Fsp3) is 0.200. The van der Waals surface area contributed by atoms with Crippen LogP contribution in [-0.4, -0.2) is 18.0 Å². The van der Waals surface area contributed by atoms with E-state index < -0.39 is 0 Å². The van der Waals surface area contributed by atoms with Gasteiger partial charge in [-0.3, -0.25) is 9.59 Å². The van der Waals surface area contributed by atoms with E-state index in [1.807, 2.05) is 19.1 Å². The zero-order chi connectivity index (χ0) is 14.7. The van der Waals surface area contributed by atoms with Gasteiger partial charge in [-0.25, -0.2) is 0 Å². The van der Waals surface area contributed by atoms with Crippen molar-refractivity contribution in [2.24, 2.45) is 0 Å². The molecule has 0 radical (unpaired) electrons. The number of aryl methyl sites for hydroxylation is 2. The highest BCUT2D eigenvalue weighted by Gasteiger charge is 2.11. The zero-order valence-electron chi connectivity index (χ0n) is 11.6. The molecule has 0 aliphatic carbocycles. The molecule has 0 bridgehead atoms. The van der Waals surface area contributed by atoms with Crippen LogP contribution in [0.1, 0.15) is 21.6 Å². The van der Waals surface area contributed by atoms with E-state index in [2.05, 4.69) is 10.3 Å². The number of carbonyl (C=O) groups excluding carboxylic acids is 1. The van der Waals surface area contributed by atoms with E-state index in [0.717, 1.165) is 5.56 Å². The molecule has 20 heavy (non-hydrogen) atoms. The summed E-state index contributed by atoms with van der Waals surface area (Å²) in [5, 5.41) is 2.76. The molecule has 0 saturated carbocycles. The van der Waals surface area contributed by atoms with Crippen LogP contribution in [0.2, 0.25) is 0 Å². The molecule has 1 aromatic carbocycles. The summed E-state index contributed by atoms with van der Waals surface area (Å²) in [5.41, 5.74) is 2.23. The molecule has 0 saturated heterocycles. The van der Waals surface area contributed by atoms with Crippen molar-refractivity contribution >= 4 is 11.6 Å². The number of rotatable bonds is 3. The molecule has 0 unspecified atom stereocenters. The number of aromatic nitrogens is 1. The summed E-state index contributed by atoms with van der Waals surface area (Å²) in [6.45, 7) is 3.65. The first-order valence-corrected chi connectivity index (χ1v) is 6.16. The predicted octanol–water partition coefficient (Wildman–Crippen LogP) is 2.25. The largest absolute Gasteiger partial charge is 0.495 e. The summed E-state index contributed by atoms with van der Waals surface area (Å²) in [4.78, 5) is 26.2. The van der Waals surface area contributed by atoms with E-state index in [0.29, 0.717) is 22.7 Å². The number of carbonyl (C=O) groups is 1. The Morgan fingerprint density at radius 1 is 1.20 bits per heavy atom. The Bertz CT molecular complexity index is 705. The minimum absolute atomic E-state index is 0.300. The molecule has 5 heteroatoms. The normalized spacial score (nSPS) is 10.2. The summed E-state index contributed by atoms with van der Waals surface area (Å²) in [7, 11) is 1.54. The van der Waals surface area contributed by atoms with Crippen molar-refractivity contribution in [3.8, 4) is 5.75 Å². The molecule has 2 N–H and O–H groups in total. The van der Waals surface area contributed by atoms with Gasteiger partial charge in [0.1, 0.15) is 5.75 Å². The minimum Gasteiger partial charge on any atom is -0.495 e. The highest BCUT2D eigenvalue weighted by molar-refractivity contribution is 6.05. The van der Waals surface area contributed by atoms with Crippen LogP contribution in [0.3, 0.4) is 0 Å². The van der Waals surface area contributed by atoms with Crippen molar-refractivity contribution in [3.63, 3.8) is 0 Å². The maximum Gasteiger partial charge on any atom is 0.256 e. The van der Waals surface area contributed by atoms with Crippen LogP contribution in [0, 0.1) is 13.8 Å². The van der Waals surface area contributed by atoms with Gasteiger partial charge >= 0.3 is 0 Å². The van der Waals surface area contributed by atoms with E-state index in [9.17, 15) is 9.59 Å². The highest BCUT2D eigenvalue weighted by atomic mass is 16.5. The molecule has 1 aromatic heterocycles. The lowest BCUT2D eigenvalue weighted by Crippen LogP contribution is -2.17. The first-order chi connectivity index (χ1) is 9.49. The van der Waals surface area contributed by atoms with Crippen LogP contribution in [0.15, 0.2) is 35.1 Å². The van der Waals surface area contributed by atoms with Gasteiger partial charge in [0.25, 0.3) is 5.91 Å². The Kier molecular flexibility index (Phi) is 3.89. The summed E-state index contributed by atoms with van der Waals surface area (Å²) in [6.07, 6.45) is 0. The van der Waals surface area contributed by atoms with Gasteiger partial charge in [0.05, 0.1) is 12.8 Å². The van der Waals surface area contributed by atoms with Crippen molar-refractivity contribution < 1.29 is 9.53 Å². The number of H-pyrrole nitrogens is 1. The predicted molar refractivity (Wildman–Crippen MR) is 77.5 cm³/mol. The number of ether oxygens (including phenoxy) is 1. The van der Waals surface area contributed by atoms with Crippen molar-refractivity contribution in [2.75, 3.05) is 12.4 Å². The number of hydrogen-bond acceptors (Lipinski definition) is 3. The van der Waals surface area contributed by atoms with Crippen molar-refractivity contribution in [2.45, 2.75) is 13.8 Å². The zero-order valence-corrected chi connectivity index (χ0v) is 11.6. The molecule has 5 nitrogen and oxygen atoms in total. The number of amides is 1. The Hall–Kier alpha value is -2.56. The van der Waals surface area contributed by atoms with Gasteiger partial charge in [0.2, 0.25) is 5.56 Å². The summed E-state index contributed by atoms with van der Waals surface area (Å²) < 4.78 is 5.20.